The lowest BCUT2D eigenvalue weighted by atomic mass is 9.91. The van der Waals surface area contributed by atoms with Crippen molar-refractivity contribution in [2.45, 2.75) is 0 Å². The lowest BCUT2D eigenvalue weighted by molar-refractivity contribution is 0.104. The van der Waals surface area contributed by atoms with E-state index in [1.165, 1.54) is 37.5 Å². The van der Waals surface area contributed by atoms with Gasteiger partial charge in [-0.1, -0.05) is 58.4 Å². The van der Waals surface area contributed by atoms with Crippen LogP contribution in [0.15, 0.2) is 95.5 Å². The second kappa shape index (κ2) is 9.92. The Morgan fingerprint density at radius 3 is 2.03 bits per heavy atom. The van der Waals surface area contributed by atoms with E-state index in [4.69, 9.17) is 4.74 Å². The van der Waals surface area contributed by atoms with Crippen LogP contribution >= 0.6 is 15.9 Å². The molecule has 0 aromatic heterocycles. The van der Waals surface area contributed by atoms with Gasteiger partial charge in [-0.05, 0) is 82.4 Å². The molecule has 0 atom stereocenters. The molecule has 0 bridgehead atoms. The molecule has 0 aliphatic carbocycles. The zero-order valence-electron chi connectivity index (χ0n) is 17.7. The van der Waals surface area contributed by atoms with Crippen LogP contribution in [-0.2, 0) is 0 Å². The Labute approximate surface area is 199 Å². The number of carbonyl (C=O) groups excluding carboxylic acids is 1. The van der Waals surface area contributed by atoms with Gasteiger partial charge < -0.3 is 4.74 Å². The standard InChI is InChI=1S/C28H19BrF2O2/c1-33-27-17-21(18-6-11-22(30)12-7-18)16-24(19-8-13-23(31)14-9-19)28(27)26(32)15-10-20-4-2-3-5-25(20)29/h2-17H,1H3/b15-10+. The van der Waals surface area contributed by atoms with Crippen LogP contribution in [0.4, 0.5) is 8.78 Å². The molecule has 0 saturated heterocycles. The Morgan fingerprint density at radius 1 is 0.818 bits per heavy atom. The summed E-state index contributed by atoms with van der Waals surface area (Å²) in [5.41, 5.74) is 3.99. The van der Waals surface area contributed by atoms with E-state index in [1.54, 1.807) is 36.4 Å². The van der Waals surface area contributed by atoms with Gasteiger partial charge in [-0.15, -0.1) is 0 Å². The summed E-state index contributed by atoms with van der Waals surface area (Å²) in [5.74, 6) is -0.596. The minimum atomic E-state index is -0.373. The third kappa shape index (κ3) is 5.10. The fourth-order valence-corrected chi connectivity index (χ4v) is 3.97. The number of halogens is 3. The minimum absolute atomic E-state index is 0.257. The van der Waals surface area contributed by atoms with Gasteiger partial charge in [0.05, 0.1) is 12.7 Å². The average molecular weight is 505 g/mol. The van der Waals surface area contributed by atoms with Gasteiger partial charge in [0.25, 0.3) is 0 Å². The van der Waals surface area contributed by atoms with Crippen LogP contribution in [0.2, 0.25) is 0 Å². The second-order valence-electron chi connectivity index (χ2n) is 7.33. The third-order valence-electron chi connectivity index (χ3n) is 5.22. The zero-order valence-corrected chi connectivity index (χ0v) is 19.3. The van der Waals surface area contributed by atoms with Crippen LogP contribution in [0.5, 0.6) is 5.75 Å². The first kappa shape index (κ1) is 22.6. The number of allylic oxidation sites excluding steroid dienone is 1. The molecule has 0 aliphatic heterocycles. The molecular formula is C28H19BrF2O2. The normalized spacial score (nSPS) is 11.0. The first-order valence-electron chi connectivity index (χ1n) is 10.2. The van der Waals surface area contributed by atoms with E-state index in [1.807, 2.05) is 30.3 Å². The van der Waals surface area contributed by atoms with Crippen molar-refractivity contribution in [2.75, 3.05) is 7.11 Å². The molecule has 0 aliphatic rings. The lowest BCUT2D eigenvalue weighted by Gasteiger charge is -2.15. The summed E-state index contributed by atoms with van der Waals surface area (Å²) in [7, 11) is 1.49. The monoisotopic (exact) mass is 504 g/mol. The predicted molar refractivity (Wildman–Crippen MR) is 131 cm³/mol. The molecule has 4 rings (SSSR count). The molecule has 33 heavy (non-hydrogen) atoms. The fraction of sp³-hybridized carbons (Fsp3) is 0.0357. The van der Waals surface area contributed by atoms with E-state index in [2.05, 4.69) is 15.9 Å². The van der Waals surface area contributed by atoms with Crippen LogP contribution in [-0.4, -0.2) is 12.9 Å². The first-order chi connectivity index (χ1) is 16.0. The Hall–Kier alpha value is -3.57. The lowest BCUT2D eigenvalue weighted by Crippen LogP contribution is -2.03. The third-order valence-corrected chi connectivity index (χ3v) is 5.94. The molecule has 0 radical (unpaired) electrons. The van der Waals surface area contributed by atoms with Gasteiger partial charge in [-0.3, -0.25) is 4.79 Å². The summed E-state index contributed by atoms with van der Waals surface area (Å²) in [5, 5.41) is 0. The van der Waals surface area contributed by atoms with Gasteiger partial charge >= 0.3 is 0 Å². The van der Waals surface area contributed by atoms with Gasteiger partial charge in [0, 0.05) is 4.47 Å². The molecule has 0 unspecified atom stereocenters. The molecule has 0 N–H and O–H groups in total. The van der Waals surface area contributed by atoms with Crippen LogP contribution < -0.4 is 4.74 Å². The Kier molecular flexibility index (Phi) is 6.80. The van der Waals surface area contributed by atoms with Crippen molar-refractivity contribution >= 4 is 27.8 Å². The van der Waals surface area contributed by atoms with Crippen LogP contribution in [0.3, 0.4) is 0 Å². The molecule has 0 saturated carbocycles. The Morgan fingerprint density at radius 2 is 1.42 bits per heavy atom. The van der Waals surface area contributed by atoms with Crippen LogP contribution in [0.25, 0.3) is 28.3 Å². The van der Waals surface area contributed by atoms with Crippen LogP contribution in [0, 0.1) is 11.6 Å². The van der Waals surface area contributed by atoms with Crippen molar-refractivity contribution in [3.05, 3.63) is 118 Å². The van der Waals surface area contributed by atoms with Crippen molar-refractivity contribution in [2.24, 2.45) is 0 Å². The maximum absolute atomic E-state index is 13.6. The first-order valence-corrected chi connectivity index (χ1v) is 11.0. The fourth-order valence-electron chi connectivity index (χ4n) is 3.56. The molecule has 0 heterocycles. The minimum Gasteiger partial charge on any atom is -0.496 e. The van der Waals surface area contributed by atoms with E-state index in [0.717, 1.165) is 21.2 Å². The number of hydrogen-bond acceptors (Lipinski definition) is 2. The van der Waals surface area contributed by atoms with Gasteiger partial charge in [0.15, 0.2) is 5.78 Å². The summed E-state index contributed by atoms with van der Waals surface area (Å²) in [6, 6.07) is 23.1. The van der Waals surface area contributed by atoms with Gasteiger partial charge in [-0.2, -0.15) is 0 Å². The highest BCUT2D eigenvalue weighted by Gasteiger charge is 2.19. The van der Waals surface area contributed by atoms with E-state index in [0.29, 0.717) is 22.4 Å². The SMILES string of the molecule is COc1cc(-c2ccc(F)cc2)cc(-c2ccc(F)cc2)c1C(=O)/C=C/c1ccccc1Br. The van der Waals surface area contributed by atoms with Gasteiger partial charge in [0.2, 0.25) is 0 Å². The topological polar surface area (TPSA) is 26.3 Å². The molecule has 164 valence electrons. The van der Waals surface area contributed by atoms with E-state index in [9.17, 15) is 13.6 Å². The van der Waals surface area contributed by atoms with Gasteiger partial charge in [0.1, 0.15) is 17.4 Å². The van der Waals surface area contributed by atoms with Crippen molar-refractivity contribution in [1.82, 2.24) is 0 Å². The summed E-state index contributed by atoms with van der Waals surface area (Å²) >= 11 is 3.48. The molecule has 2 nitrogen and oxygen atoms in total. The van der Waals surface area contributed by atoms with Gasteiger partial charge in [-0.25, -0.2) is 8.78 Å². The second-order valence-corrected chi connectivity index (χ2v) is 8.19. The number of rotatable bonds is 6. The Balaban J connectivity index is 1.87. The molecule has 4 aromatic rings. The number of methoxy groups -OCH3 is 1. The number of benzene rings is 4. The number of hydrogen-bond donors (Lipinski definition) is 0. The highest BCUT2D eigenvalue weighted by Crippen LogP contribution is 2.37. The van der Waals surface area contributed by atoms with Crippen molar-refractivity contribution < 1.29 is 18.3 Å². The number of ether oxygens (including phenoxy) is 1. The maximum Gasteiger partial charge on any atom is 0.190 e. The smallest absolute Gasteiger partial charge is 0.190 e. The molecule has 0 amide bonds. The predicted octanol–water partition coefficient (Wildman–Crippen LogP) is 7.97. The molecular weight excluding hydrogens is 486 g/mol. The summed E-state index contributed by atoms with van der Waals surface area (Å²) in [6.45, 7) is 0. The van der Waals surface area contributed by atoms with E-state index in [-0.39, 0.29) is 17.4 Å². The summed E-state index contributed by atoms with van der Waals surface area (Å²) < 4.78 is 33.5. The van der Waals surface area contributed by atoms with Crippen molar-refractivity contribution in [3.63, 3.8) is 0 Å². The highest BCUT2D eigenvalue weighted by molar-refractivity contribution is 9.10. The molecule has 0 spiro atoms. The number of ketones is 1. The quantitative estimate of drug-likeness (QED) is 0.196. The zero-order chi connectivity index (χ0) is 23.4. The molecule has 4 aromatic carbocycles. The molecule has 5 heteroatoms. The summed E-state index contributed by atoms with van der Waals surface area (Å²) in [6.07, 6.45) is 3.22. The van der Waals surface area contributed by atoms with Crippen molar-refractivity contribution in [1.29, 1.82) is 0 Å². The van der Waals surface area contributed by atoms with E-state index >= 15 is 0 Å². The largest absolute Gasteiger partial charge is 0.496 e. The van der Waals surface area contributed by atoms with Crippen molar-refractivity contribution in [3.8, 4) is 28.0 Å². The highest BCUT2D eigenvalue weighted by atomic mass is 79.9. The maximum atomic E-state index is 13.6. The number of carbonyl (C=O) groups is 1. The summed E-state index contributed by atoms with van der Waals surface area (Å²) in [4.78, 5) is 13.4. The van der Waals surface area contributed by atoms with Crippen LogP contribution in [0.1, 0.15) is 15.9 Å². The van der Waals surface area contributed by atoms with E-state index < -0.39 is 0 Å². The average Bonchev–Trinajstić information content (AvgIpc) is 2.83. The molecule has 0 fully saturated rings. The Bertz CT molecular complexity index is 1330.